The Labute approximate surface area is 153 Å². The molecule has 5 heteroatoms. The van der Waals surface area contributed by atoms with Gasteiger partial charge in [-0.25, -0.2) is 0 Å². The van der Waals surface area contributed by atoms with Crippen molar-refractivity contribution in [1.29, 1.82) is 0 Å². The van der Waals surface area contributed by atoms with Crippen molar-refractivity contribution in [2.45, 2.75) is 13.3 Å². The van der Waals surface area contributed by atoms with Gasteiger partial charge in [-0.3, -0.25) is 4.79 Å². The zero-order valence-corrected chi connectivity index (χ0v) is 15.2. The van der Waals surface area contributed by atoms with E-state index >= 15 is 0 Å². The number of amides is 1. The van der Waals surface area contributed by atoms with Crippen molar-refractivity contribution in [1.82, 2.24) is 15.5 Å². The summed E-state index contributed by atoms with van der Waals surface area (Å²) in [5.41, 5.74) is 1.71. The summed E-state index contributed by atoms with van der Waals surface area (Å²) in [5.74, 6) is 0.307. The Morgan fingerprint density at radius 1 is 1.15 bits per heavy atom. The number of rotatable bonds is 5. The van der Waals surface area contributed by atoms with E-state index in [0.29, 0.717) is 12.3 Å². The van der Waals surface area contributed by atoms with E-state index in [1.807, 2.05) is 31.2 Å². The molecule has 0 bridgehead atoms. The lowest BCUT2D eigenvalue weighted by Gasteiger charge is -2.26. The van der Waals surface area contributed by atoms with Crippen LogP contribution < -0.4 is 10.6 Å². The van der Waals surface area contributed by atoms with Gasteiger partial charge in [0.05, 0.1) is 0 Å². The Balaban J connectivity index is 1.44. The summed E-state index contributed by atoms with van der Waals surface area (Å²) in [5, 5.41) is 9.54. The number of benzene rings is 2. The second-order valence-corrected chi connectivity index (χ2v) is 6.92. The molecule has 5 nitrogen and oxygen atoms in total. The minimum atomic E-state index is -0.122. The molecule has 2 heterocycles. The van der Waals surface area contributed by atoms with Crippen LogP contribution in [0, 0.1) is 6.92 Å². The van der Waals surface area contributed by atoms with E-state index in [9.17, 15) is 4.79 Å². The molecule has 0 unspecified atom stereocenters. The number of nitrogens with zero attached hydrogens (tertiary/aromatic N) is 1. The maximum atomic E-state index is 12.6. The third kappa shape index (κ3) is 3.32. The molecule has 2 aromatic carbocycles. The van der Waals surface area contributed by atoms with E-state index < -0.39 is 0 Å². The third-order valence-electron chi connectivity index (χ3n) is 5.18. The maximum Gasteiger partial charge on any atom is 0.287 e. The summed E-state index contributed by atoms with van der Waals surface area (Å²) in [6, 6.07) is 12.2. The highest BCUT2D eigenvalue weighted by Gasteiger charge is 2.18. The summed E-state index contributed by atoms with van der Waals surface area (Å²) in [6.45, 7) is 7.92. The molecule has 0 aliphatic carbocycles. The fourth-order valence-corrected chi connectivity index (χ4v) is 3.69. The van der Waals surface area contributed by atoms with Gasteiger partial charge in [0, 0.05) is 49.1 Å². The van der Waals surface area contributed by atoms with Crippen molar-refractivity contribution in [3.05, 3.63) is 47.7 Å². The minimum absolute atomic E-state index is 0.122. The van der Waals surface area contributed by atoms with Crippen LogP contribution in [0.15, 0.2) is 40.8 Å². The van der Waals surface area contributed by atoms with Crippen LogP contribution in [0.3, 0.4) is 0 Å². The molecule has 0 atom stereocenters. The number of hydrogen-bond donors (Lipinski definition) is 2. The average Bonchev–Trinajstić information content (AvgIpc) is 3.03. The van der Waals surface area contributed by atoms with Crippen LogP contribution in [0.25, 0.3) is 21.7 Å². The van der Waals surface area contributed by atoms with E-state index in [2.05, 4.69) is 27.7 Å². The molecule has 0 radical (unpaired) electrons. The first-order valence-electron chi connectivity index (χ1n) is 9.36. The Kier molecular flexibility index (Phi) is 4.91. The molecule has 0 spiro atoms. The zero-order valence-electron chi connectivity index (χ0n) is 15.2. The molecule has 1 amide bonds. The van der Waals surface area contributed by atoms with Gasteiger partial charge in [-0.2, -0.15) is 0 Å². The van der Waals surface area contributed by atoms with Gasteiger partial charge in [0.1, 0.15) is 5.58 Å². The lowest BCUT2D eigenvalue weighted by Crippen LogP contribution is -2.44. The molecular weight excluding hydrogens is 326 g/mol. The van der Waals surface area contributed by atoms with Gasteiger partial charge in [-0.1, -0.05) is 36.4 Å². The highest BCUT2D eigenvalue weighted by atomic mass is 16.3. The second kappa shape index (κ2) is 7.48. The summed E-state index contributed by atoms with van der Waals surface area (Å²) in [4.78, 5) is 15.0. The van der Waals surface area contributed by atoms with Gasteiger partial charge in [0.2, 0.25) is 0 Å². The molecule has 1 aliphatic heterocycles. The number of piperazine rings is 1. The molecule has 2 N–H and O–H groups in total. The number of aryl methyl sites for hydroxylation is 1. The van der Waals surface area contributed by atoms with Crippen molar-refractivity contribution < 1.29 is 9.21 Å². The minimum Gasteiger partial charge on any atom is -0.450 e. The molecule has 26 heavy (non-hydrogen) atoms. The Bertz CT molecular complexity index is 926. The zero-order chi connectivity index (χ0) is 17.9. The van der Waals surface area contributed by atoms with Crippen molar-refractivity contribution >= 4 is 27.6 Å². The molecule has 1 aromatic heterocycles. The first kappa shape index (κ1) is 17.1. The number of fused-ring (bicyclic) bond motifs is 3. The molecule has 4 rings (SSSR count). The quantitative estimate of drug-likeness (QED) is 0.694. The predicted molar refractivity (Wildman–Crippen MR) is 105 cm³/mol. The second-order valence-electron chi connectivity index (χ2n) is 6.92. The molecular formula is C21H25N3O2. The molecule has 0 saturated carbocycles. The van der Waals surface area contributed by atoms with Crippen LogP contribution >= 0.6 is 0 Å². The summed E-state index contributed by atoms with van der Waals surface area (Å²) in [7, 11) is 0. The van der Waals surface area contributed by atoms with Gasteiger partial charge in [0.25, 0.3) is 5.91 Å². The fraction of sp³-hybridized carbons (Fsp3) is 0.381. The lowest BCUT2D eigenvalue weighted by molar-refractivity contribution is 0.0925. The van der Waals surface area contributed by atoms with Gasteiger partial charge in [-0.15, -0.1) is 0 Å². The molecule has 1 fully saturated rings. The number of carbonyl (C=O) groups excluding carboxylic acids is 1. The van der Waals surface area contributed by atoms with Crippen LogP contribution in [0.5, 0.6) is 0 Å². The number of hydrogen-bond acceptors (Lipinski definition) is 4. The predicted octanol–water partition coefficient (Wildman–Crippen LogP) is 2.92. The van der Waals surface area contributed by atoms with Crippen LogP contribution in [0.2, 0.25) is 0 Å². The first-order valence-corrected chi connectivity index (χ1v) is 9.36. The van der Waals surface area contributed by atoms with Crippen LogP contribution in [-0.4, -0.2) is 50.1 Å². The largest absolute Gasteiger partial charge is 0.450 e. The van der Waals surface area contributed by atoms with Gasteiger partial charge < -0.3 is 20.0 Å². The number of furan rings is 1. The smallest absolute Gasteiger partial charge is 0.287 e. The van der Waals surface area contributed by atoms with Crippen molar-refractivity contribution in [3.63, 3.8) is 0 Å². The highest BCUT2D eigenvalue weighted by Crippen LogP contribution is 2.31. The topological polar surface area (TPSA) is 57.5 Å². The van der Waals surface area contributed by atoms with Gasteiger partial charge in [-0.05, 0) is 25.3 Å². The van der Waals surface area contributed by atoms with Crippen LogP contribution in [0.1, 0.15) is 22.5 Å². The SMILES string of the molecule is Cc1c(C(=O)NCCCN2CCNCC2)oc2c1ccc1ccccc12. The van der Waals surface area contributed by atoms with Gasteiger partial charge in [0.15, 0.2) is 5.76 Å². The Morgan fingerprint density at radius 2 is 1.96 bits per heavy atom. The Hall–Kier alpha value is -2.37. The number of carbonyl (C=O) groups is 1. The Morgan fingerprint density at radius 3 is 2.81 bits per heavy atom. The van der Waals surface area contributed by atoms with E-state index in [-0.39, 0.29) is 5.91 Å². The summed E-state index contributed by atoms with van der Waals surface area (Å²) in [6.07, 6.45) is 0.952. The van der Waals surface area contributed by atoms with E-state index in [4.69, 9.17) is 4.42 Å². The average molecular weight is 351 g/mol. The molecule has 1 saturated heterocycles. The fourth-order valence-electron chi connectivity index (χ4n) is 3.69. The van der Waals surface area contributed by atoms with Crippen molar-refractivity contribution in [2.75, 3.05) is 39.3 Å². The first-order chi connectivity index (χ1) is 12.7. The normalized spacial score (nSPS) is 15.6. The van der Waals surface area contributed by atoms with Gasteiger partial charge >= 0.3 is 0 Å². The van der Waals surface area contributed by atoms with Crippen molar-refractivity contribution in [2.24, 2.45) is 0 Å². The monoisotopic (exact) mass is 351 g/mol. The molecule has 3 aromatic rings. The summed E-state index contributed by atoms with van der Waals surface area (Å²) < 4.78 is 5.99. The van der Waals surface area contributed by atoms with E-state index in [0.717, 1.165) is 66.4 Å². The van der Waals surface area contributed by atoms with Crippen molar-refractivity contribution in [3.8, 4) is 0 Å². The van der Waals surface area contributed by atoms with E-state index in [1.54, 1.807) is 0 Å². The van der Waals surface area contributed by atoms with Crippen LogP contribution in [-0.2, 0) is 0 Å². The lowest BCUT2D eigenvalue weighted by atomic mass is 10.1. The third-order valence-corrected chi connectivity index (χ3v) is 5.18. The van der Waals surface area contributed by atoms with Crippen LogP contribution in [0.4, 0.5) is 0 Å². The highest BCUT2D eigenvalue weighted by molar-refractivity contribution is 6.08. The molecule has 136 valence electrons. The number of nitrogens with one attached hydrogen (secondary N) is 2. The standard InChI is InChI=1S/C21H25N3O2/c1-15-17-8-7-16-5-2-3-6-18(16)20(17)26-19(15)21(25)23-9-4-12-24-13-10-22-11-14-24/h2-3,5-8,22H,4,9-14H2,1H3,(H,23,25). The van der Waals surface area contributed by atoms with E-state index in [1.165, 1.54) is 0 Å². The maximum absolute atomic E-state index is 12.6. The molecule has 1 aliphatic rings. The summed E-state index contributed by atoms with van der Waals surface area (Å²) >= 11 is 0.